The number of β-amino-alcohol motifs (C(OH)–C–C–N with tert-alkyl or cyclic N) is 1. The Morgan fingerprint density at radius 1 is 1.67 bits per heavy atom. The number of aliphatic hydroxyl groups is 1. The zero-order valence-electron chi connectivity index (χ0n) is 8.35. The van der Waals surface area contributed by atoms with Gasteiger partial charge in [0.05, 0.1) is 12.4 Å². The number of likely N-dealkylation sites (N-methyl/N-ethyl adjacent to an activating group) is 1. The van der Waals surface area contributed by atoms with Crippen molar-refractivity contribution in [3.8, 4) is 0 Å². The van der Waals surface area contributed by atoms with Crippen LogP contribution in [0.2, 0.25) is 0 Å². The van der Waals surface area contributed by atoms with Gasteiger partial charge < -0.3 is 19.8 Å². The fourth-order valence-corrected chi connectivity index (χ4v) is 1.21. The molecule has 90 valence electrons. The number of piperidine rings is 1. The van der Waals surface area contributed by atoms with Gasteiger partial charge >= 0.3 is 6.16 Å². The molecule has 0 aliphatic carbocycles. The highest BCUT2D eigenvalue weighted by Gasteiger charge is 2.12. The molecule has 1 aliphatic heterocycles. The number of hydrogen-bond donors (Lipinski definition) is 2. The van der Waals surface area contributed by atoms with E-state index in [-0.39, 0.29) is 13.5 Å². The van der Waals surface area contributed by atoms with Crippen molar-refractivity contribution in [3.63, 3.8) is 0 Å². The third kappa shape index (κ3) is 10.9. The predicted molar refractivity (Wildman–Crippen MR) is 58.8 cm³/mol. The molecular formula is C10H21NO4. The van der Waals surface area contributed by atoms with E-state index in [0.717, 1.165) is 32.2 Å². The molecule has 1 aliphatic rings. The van der Waals surface area contributed by atoms with Gasteiger partial charge in [-0.1, -0.05) is 14.0 Å². The van der Waals surface area contributed by atoms with Crippen LogP contribution in [0.3, 0.4) is 0 Å². The van der Waals surface area contributed by atoms with Crippen molar-refractivity contribution in [1.82, 2.24) is 4.90 Å². The molecule has 1 heterocycles. The van der Waals surface area contributed by atoms with Crippen molar-refractivity contribution in [3.05, 3.63) is 12.8 Å². The molecule has 1 rings (SSSR count). The lowest BCUT2D eigenvalue weighted by atomic mass is 10.1. The topological polar surface area (TPSA) is 70.0 Å². The van der Waals surface area contributed by atoms with Crippen LogP contribution in [0.25, 0.3) is 0 Å². The van der Waals surface area contributed by atoms with Crippen LogP contribution < -0.4 is 0 Å². The van der Waals surface area contributed by atoms with E-state index in [1.807, 2.05) is 7.05 Å². The molecule has 0 bridgehead atoms. The quantitative estimate of drug-likeness (QED) is 0.517. The highest BCUT2D eigenvalue weighted by molar-refractivity contribution is 5.57. The Morgan fingerprint density at radius 2 is 2.27 bits per heavy atom. The summed E-state index contributed by atoms with van der Waals surface area (Å²) in [5, 5.41) is 16.7. The van der Waals surface area contributed by atoms with Gasteiger partial charge in [0.2, 0.25) is 0 Å². The maximum absolute atomic E-state index is 9.31. The number of aliphatic hydroxyl groups excluding tert-OH is 1. The number of hydrogen-bond acceptors (Lipinski definition) is 4. The Kier molecular flexibility index (Phi) is 10.3. The summed E-state index contributed by atoms with van der Waals surface area (Å²) in [6.45, 7) is 5.01. The largest absolute Gasteiger partial charge is 0.510 e. The van der Waals surface area contributed by atoms with Crippen LogP contribution in [0, 0.1) is 0 Å². The smallest absolute Gasteiger partial charge is 0.449 e. The van der Waals surface area contributed by atoms with E-state index in [4.69, 9.17) is 10.2 Å². The van der Waals surface area contributed by atoms with Gasteiger partial charge in [-0.15, -0.1) is 0 Å². The van der Waals surface area contributed by atoms with Crippen LogP contribution in [-0.4, -0.2) is 47.5 Å². The first-order valence-electron chi connectivity index (χ1n) is 4.43. The van der Waals surface area contributed by atoms with E-state index in [1.54, 1.807) is 0 Å². The molecule has 0 saturated carbocycles. The number of carboxylic acid groups (broad SMARTS) is 1. The number of nitrogens with zero attached hydrogens (tertiary/aromatic N) is 1. The van der Waals surface area contributed by atoms with Crippen molar-refractivity contribution in [2.45, 2.75) is 26.4 Å². The van der Waals surface area contributed by atoms with Crippen LogP contribution in [-0.2, 0) is 4.74 Å². The maximum Gasteiger partial charge on any atom is 0.510 e. The highest BCUT2D eigenvalue weighted by Crippen LogP contribution is 2.06. The molecule has 1 fully saturated rings. The summed E-state index contributed by atoms with van der Waals surface area (Å²) in [6, 6.07) is 0. The van der Waals surface area contributed by atoms with Crippen molar-refractivity contribution in [2.75, 3.05) is 20.1 Å². The summed E-state index contributed by atoms with van der Waals surface area (Å²) in [7, 11) is 2.04. The molecule has 1 atom stereocenters. The van der Waals surface area contributed by atoms with Gasteiger partial charge in [-0.05, 0) is 26.4 Å². The Labute approximate surface area is 91.0 Å². The Hall–Kier alpha value is -1.07. The summed E-state index contributed by atoms with van der Waals surface area (Å²) in [6.07, 6.45) is 1.60. The standard InChI is InChI=1S/C6H13NO.C3H4O3.CH4/c1-7-4-2-3-6(8)5-7;1-2-6-3(4)5;/h6,8H,2-5H2,1H3;2H,1H2,(H,4,5);1H4. The third-order valence-electron chi connectivity index (χ3n) is 1.78. The van der Waals surface area contributed by atoms with Crippen LogP contribution >= 0.6 is 0 Å². The average molecular weight is 219 g/mol. The molecule has 1 saturated heterocycles. The molecule has 2 N–H and O–H groups in total. The monoisotopic (exact) mass is 219 g/mol. The van der Waals surface area contributed by atoms with Gasteiger partial charge in [-0.2, -0.15) is 0 Å². The third-order valence-corrected chi connectivity index (χ3v) is 1.78. The van der Waals surface area contributed by atoms with Gasteiger partial charge in [0.25, 0.3) is 0 Å². The molecule has 1 unspecified atom stereocenters. The normalized spacial score (nSPS) is 20.3. The first-order valence-corrected chi connectivity index (χ1v) is 4.43. The lowest BCUT2D eigenvalue weighted by molar-refractivity contribution is 0.0846. The van der Waals surface area contributed by atoms with Crippen LogP contribution in [0.4, 0.5) is 4.79 Å². The minimum atomic E-state index is -1.33. The lowest BCUT2D eigenvalue weighted by Crippen LogP contribution is -2.34. The van der Waals surface area contributed by atoms with Crippen LogP contribution in [0.5, 0.6) is 0 Å². The first-order chi connectivity index (χ1) is 6.56. The molecule has 5 nitrogen and oxygen atoms in total. The molecule has 0 aromatic rings. The molecule has 0 radical (unpaired) electrons. The maximum atomic E-state index is 9.31. The number of carbonyl (C=O) groups is 1. The van der Waals surface area contributed by atoms with E-state index in [0.29, 0.717) is 0 Å². The molecule has 0 aromatic carbocycles. The lowest BCUT2D eigenvalue weighted by Gasteiger charge is -2.25. The van der Waals surface area contributed by atoms with Gasteiger partial charge in [-0.25, -0.2) is 4.79 Å². The summed E-state index contributed by atoms with van der Waals surface area (Å²) in [5.74, 6) is 0. The van der Waals surface area contributed by atoms with E-state index in [9.17, 15) is 4.79 Å². The van der Waals surface area contributed by atoms with E-state index in [1.165, 1.54) is 0 Å². The second-order valence-electron chi connectivity index (χ2n) is 3.11. The minimum absolute atomic E-state index is 0. The zero-order valence-corrected chi connectivity index (χ0v) is 8.35. The summed E-state index contributed by atoms with van der Waals surface area (Å²) < 4.78 is 3.72. The second-order valence-corrected chi connectivity index (χ2v) is 3.11. The van der Waals surface area contributed by atoms with E-state index < -0.39 is 6.16 Å². The van der Waals surface area contributed by atoms with Gasteiger partial charge in [0, 0.05) is 6.54 Å². The van der Waals surface area contributed by atoms with Crippen molar-refractivity contribution >= 4 is 6.16 Å². The van der Waals surface area contributed by atoms with Crippen molar-refractivity contribution in [2.24, 2.45) is 0 Å². The number of likely N-dealkylation sites (tertiary alicyclic amines) is 1. The molecule has 5 heteroatoms. The summed E-state index contributed by atoms with van der Waals surface area (Å²) >= 11 is 0. The predicted octanol–water partition coefficient (Wildman–Crippen LogP) is 1.53. The van der Waals surface area contributed by atoms with Crippen LogP contribution in [0.1, 0.15) is 20.3 Å². The molecule has 0 amide bonds. The van der Waals surface area contributed by atoms with Gasteiger partial charge in [0.15, 0.2) is 0 Å². The summed E-state index contributed by atoms with van der Waals surface area (Å²) in [5.41, 5.74) is 0. The van der Waals surface area contributed by atoms with Gasteiger partial charge in [-0.3, -0.25) is 0 Å². The summed E-state index contributed by atoms with van der Waals surface area (Å²) in [4.78, 5) is 11.5. The van der Waals surface area contributed by atoms with Gasteiger partial charge in [0.1, 0.15) is 0 Å². The fraction of sp³-hybridized carbons (Fsp3) is 0.700. The highest BCUT2D eigenvalue weighted by atomic mass is 16.7. The van der Waals surface area contributed by atoms with E-state index in [2.05, 4.69) is 16.2 Å². The number of ether oxygens (including phenoxy) is 1. The molecule has 0 aromatic heterocycles. The Bertz CT molecular complexity index is 176. The second kappa shape index (κ2) is 9.48. The van der Waals surface area contributed by atoms with Crippen LogP contribution in [0.15, 0.2) is 12.8 Å². The average Bonchev–Trinajstić information content (AvgIpc) is 2.03. The molecule has 15 heavy (non-hydrogen) atoms. The minimum Gasteiger partial charge on any atom is -0.449 e. The molecule has 0 spiro atoms. The van der Waals surface area contributed by atoms with Crippen molar-refractivity contribution in [1.29, 1.82) is 0 Å². The van der Waals surface area contributed by atoms with E-state index >= 15 is 0 Å². The number of rotatable bonds is 1. The Morgan fingerprint density at radius 3 is 2.47 bits per heavy atom. The SMILES string of the molecule is C.C=COC(=O)O.CN1CCCC(O)C1. The zero-order chi connectivity index (χ0) is 11.0. The Balaban J connectivity index is 0. The first kappa shape index (κ1) is 16.4. The van der Waals surface area contributed by atoms with Crippen molar-refractivity contribution < 1.29 is 19.7 Å². The fourth-order valence-electron chi connectivity index (χ4n) is 1.21. The molecular weight excluding hydrogens is 198 g/mol.